The standard InChI is InChI=1S/C27H30BrN3O5/c1-17(2)36-25(32)16-35-23-12-9-18(13-24(23)34-3)15-29-31-26(19-7-5-4-6-8-19)30-22-11-10-20(28)14-21(22)27(31)33/h9-15,17,19H,4-8,16H2,1-3H3. The molecule has 1 aliphatic carbocycles. The Bertz CT molecular complexity index is 1330. The van der Waals surface area contributed by atoms with Crippen LogP contribution in [-0.4, -0.2) is 41.7 Å². The molecule has 1 heterocycles. The fourth-order valence-electron chi connectivity index (χ4n) is 4.34. The molecular formula is C27H30BrN3O5. The molecule has 9 heteroatoms. The van der Waals surface area contributed by atoms with Crippen LogP contribution >= 0.6 is 15.9 Å². The predicted molar refractivity (Wildman–Crippen MR) is 142 cm³/mol. The van der Waals surface area contributed by atoms with E-state index in [1.807, 2.05) is 12.1 Å². The molecule has 4 rings (SSSR count). The van der Waals surface area contributed by atoms with Gasteiger partial charge in [0.05, 0.1) is 30.3 Å². The molecule has 1 fully saturated rings. The quantitative estimate of drug-likeness (QED) is 0.272. The zero-order chi connectivity index (χ0) is 25.7. The molecule has 1 aliphatic rings. The van der Waals surface area contributed by atoms with E-state index in [4.69, 9.17) is 19.2 Å². The summed E-state index contributed by atoms with van der Waals surface area (Å²) >= 11 is 3.45. The van der Waals surface area contributed by atoms with Crippen molar-refractivity contribution >= 4 is 39.0 Å². The van der Waals surface area contributed by atoms with E-state index in [1.165, 1.54) is 18.2 Å². The van der Waals surface area contributed by atoms with Crippen molar-refractivity contribution in [3.63, 3.8) is 0 Å². The Hall–Kier alpha value is -3.20. The van der Waals surface area contributed by atoms with Gasteiger partial charge in [0.2, 0.25) is 0 Å². The van der Waals surface area contributed by atoms with Crippen LogP contribution in [0, 0.1) is 0 Å². The highest BCUT2D eigenvalue weighted by Gasteiger charge is 2.22. The number of fused-ring (bicyclic) bond motifs is 1. The maximum Gasteiger partial charge on any atom is 0.344 e. The van der Waals surface area contributed by atoms with Crippen LogP contribution in [-0.2, 0) is 9.53 Å². The first-order valence-electron chi connectivity index (χ1n) is 12.1. The largest absolute Gasteiger partial charge is 0.493 e. The highest BCUT2D eigenvalue weighted by molar-refractivity contribution is 9.10. The van der Waals surface area contributed by atoms with E-state index in [0.29, 0.717) is 33.8 Å². The summed E-state index contributed by atoms with van der Waals surface area (Å²) in [6.07, 6.45) is 6.81. The lowest BCUT2D eigenvalue weighted by atomic mass is 9.88. The van der Waals surface area contributed by atoms with E-state index in [9.17, 15) is 9.59 Å². The van der Waals surface area contributed by atoms with Crippen molar-refractivity contribution in [2.24, 2.45) is 5.10 Å². The van der Waals surface area contributed by atoms with Gasteiger partial charge in [-0.3, -0.25) is 4.79 Å². The third-order valence-electron chi connectivity index (χ3n) is 6.03. The normalized spacial score (nSPS) is 14.5. The summed E-state index contributed by atoms with van der Waals surface area (Å²) in [7, 11) is 1.52. The first-order chi connectivity index (χ1) is 17.4. The van der Waals surface area contributed by atoms with Gasteiger partial charge in [0.25, 0.3) is 5.56 Å². The third-order valence-corrected chi connectivity index (χ3v) is 6.52. The molecule has 8 nitrogen and oxygen atoms in total. The first kappa shape index (κ1) is 25.9. The van der Waals surface area contributed by atoms with Gasteiger partial charge in [0.15, 0.2) is 18.1 Å². The second-order valence-corrected chi connectivity index (χ2v) is 9.98. The molecule has 0 aliphatic heterocycles. The summed E-state index contributed by atoms with van der Waals surface area (Å²) < 4.78 is 18.4. The first-order valence-corrected chi connectivity index (χ1v) is 12.9. The van der Waals surface area contributed by atoms with E-state index in [0.717, 1.165) is 30.2 Å². The summed E-state index contributed by atoms with van der Waals surface area (Å²) in [4.78, 5) is 30.1. The molecule has 3 aromatic rings. The van der Waals surface area contributed by atoms with Gasteiger partial charge in [-0.2, -0.15) is 9.78 Å². The lowest BCUT2D eigenvalue weighted by Gasteiger charge is -2.22. The molecule has 0 atom stereocenters. The second kappa shape index (κ2) is 11.7. The highest BCUT2D eigenvalue weighted by Crippen LogP contribution is 2.32. The van der Waals surface area contributed by atoms with Crippen molar-refractivity contribution in [1.29, 1.82) is 0 Å². The summed E-state index contributed by atoms with van der Waals surface area (Å²) in [5, 5.41) is 5.08. The number of carbonyl (C=O) groups excluding carboxylic acids is 1. The average Bonchev–Trinajstić information content (AvgIpc) is 2.87. The molecule has 0 spiro atoms. The van der Waals surface area contributed by atoms with Gasteiger partial charge < -0.3 is 14.2 Å². The number of aromatic nitrogens is 2. The van der Waals surface area contributed by atoms with Crippen LogP contribution in [0.2, 0.25) is 0 Å². The number of rotatable bonds is 8. The van der Waals surface area contributed by atoms with Crippen LogP contribution in [0.3, 0.4) is 0 Å². The zero-order valence-electron chi connectivity index (χ0n) is 20.7. The number of halogens is 1. The van der Waals surface area contributed by atoms with Gasteiger partial charge in [-0.15, -0.1) is 0 Å². The summed E-state index contributed by atoms with van der Waals surface area (Å²) in [6.45, 7) is 3.34. The fraction of sp³-hybridized carbons (Fsp3) is 0.407. The number of carbonyl (C=O) groups is 1. The molecule has 1 saturated carbocycles. The number of ether oxygens (including phenoxy) is 3. The minimum atomic E-state index is -0.456. The van der Waals surface area contributed by atoms with Crippen LogP contribution in [0.15, 0.2) is 50.8 Å². The van der Waals surface area contributed by atoms with Crippen LogP contribution in [0.25, 0.3) is 10.9 Å². The Morgan fingerprint density at radius 2 is 1.94 bits per heavy atom. The predicted octanol–water partition coefficient (Wildman–Crippen LogP) is 5.43. The van der Waals surface area contributed by atoms with Crippen molar-refractivity contribution in [3.05, 3.63) is 62.6 Å². The van der Waals surface area contributed by atoms with Gasteiger partial charge in [-0.1, -0.05) is 35.2 Å². The second-order valence-electron chi connectivity index (χ2n) is 9.07. The molecule has 190 valence electrons. The number of nitrogens with zero attached hydrogens (tertiary/aromatic N) is 3. The molecule has 36 heavy (non-hydrogen) atoms. The fourth-order valence-corrected chi connectivity index (χ4v) is 4.71. The van der Waals surface area contributed by atoms with E-state index < -0.39 is 5.97 Å². The van der Waals surface area contributed by atoms with Crippen LogP contribution in [0.4, 0.5) is 0 Å². The van der Waals surface area contributed by atoms with Crippen molar-refractivity contribution in [2.75, 3.05) is 13.7 Å². The Morgan fingerprint density at radius 1 is 1.17 bits per heavy atom. The summed E-state index contributed by atoms with van der Waals surface area (Å²) in [6, 6.07) is 10.8. The maximum absolute atomic E-state index is 13.5. The van der Waals surface area contributed by atoms with E-state index in [-0.39, 0.29) is 24.2 Å². The summed E-state index contributed by atoms with van der Waals surface area (Å²) in [5.74, 6) is 1.28. The third kappa shape index (κ3) is 6.13. The SMILES string of the molecule is COc1cc(C=Nn2c(C3CCCCC3)nc3ccc(Br)cc3c2=O)ccc1OCC(=O)OC(C)C. The molecule has 0 N–H and O–H groups in total. The van der Waals surface area contributed by atoms with Gasteiger partial charge in [0, 0.05) is 10.4 Å². The van der Waals surface area contributed by atoms with Crippen molar-refractivity contribution in [1.82, 2.24) is 9.66 Å². The molecule has 0 amide bonds. The minimum absolute atomic E-state index is 0.188. The van der Waals surface area contributed by atoms with E-state index in [1.54, 1.807) is 44.3 Å². The van der Waals surface area contributed by atoms with Crippen molar-refractivity contribution in [2.45, 2.75) is 58.0 Å². The monoisotopic (exact) mass is 555 g/mol. The number of hydrogen-bond acceptors (Lipinski definition) is 7. The maximum atomic E-state index is 13.5. The van der Waals surface area contributed by atoms with Crippen molar-refractivity contribution in [3.8, 4) is 11.5 Å². The molecule has 0 bridgehead atoms. The Labute approximate surface area is 218 Å². The summed E-state index contributed by atoms with van der Waals surface area (Å²) in [5.41, 5.74) is 1.18. The van der Waals surface area contributed by atoms with Gasteiger partial charge in [-0.05, 0) is 68.7 Å². The minimum Gasteiger partial charge on any atom is -0.493 e. The number of esters is 1. The van der Waals surface area contributed by atoms with E-state index in [2.05, 4.69) is 21.0 Å². The Kier molecular flexibility index (Phi) is 8.40. The smallest absolute Gasteiger partial charge is 0.344 e. The van der Waals surface area contributed by atoms with E-state index >= 15 is 0 Å². The number of methoxy groups -OCH3 is 1. The van der Waals surface area contributed by atoms with Crippen LogP contribution in [0.1, 0.15) is 63.3 Å². The molecular weight excluding hydrogens is 526 g/mol. The Morgan fingerprint density at radius 3 is 2.67 bits per heavy atom. The van der Waals surface area contributed by atoms with Gasteiger partial charge in [-0.25, -0.2) is 9.78 Å². The zero-order valence-corrected chi connectivity index (χ0v) is 22.3. The lowest BCUT2D eigenvalue weighted by Crippen LogP contribution is -2.25. The highest BCUT2D eigenvalue weighted by atomic mass is 79.9. The van der Waals surface area contributed by atoms with Crippen molar-refractivity contribution < 1.29 is 19.0 Å². The topological polar surface area (TPSA) is 92.0 Å². The molecule has 0 radical (unpaired) electrons. The van der Waals surface area contributed by atoms with Gasteiger partial charge in [0.1, 0.15) is 5.82 Å². The average molecular weight is 556 g/mol. The molecule has 2 aromatic carbocycles. The molecule has 1 aromatic heterocycles. The molecule has 0 saturated heterocycles. The van der Waals surface area contributed by atoms with Crippen LogP contribution < -0.4 is 15.0 Å². The van der Waals surface area contributed by atoms with Crippen LogP contribution in [0.5, 0.6) is 11.5 Å². The number of benzene rings is 2. The Balaban J connectivity index is 1.65. The molecule has 0 unspecified atom stereocenters. The van der Waals surface area contributed by atoms with Gasteiger partial charge >= 0.3 is 5.97 Å². The lowest BCUT2D eigenvalue weighted by molar-refractivity contribution is -0.149. The number of hydrogen-bond donors (Lipinski definition) is 0.